The topological polar surface area (TPSA) is 127 Å². The van der Waals surface area contributed by atoms with Gasteiger partial charge in [-0.3, -0.25) is 14.4 Å². The smallest absolute Gasteiger partial charge is 0.338 e. The summed E-state index contributed by atoms with van der Waals surface area (Å²) in [6.07, 6.45) is -0.722. The number of ether oxygens (including phenoxy) is 2. The Balaban J connectivity index is 2.19. The van der Waals surface area contributed by atoms with E-state index in [0.29, 0.717) is 11.1 Å². The van der Waals surface area contributed by atoms with Gasteiger partial charge in [-0.15, -0.1) is 0 Å². The highest BCUT2D eigenvalue weighted by atomic mass is 16.6. The average molecular weight is 513 g/mol. The van der Waals surface area contributed by atoms with E-state index in [0.717, 1.165) is 0 Å². The number of fused-ring (bicyclic) bond motifs is 1. The van der Waals surface area contributed by atoms with Crippen LogP contribution < -0.4 is 0 Å². The number of Topliss-reactive ketones (excluding diaryl/α,β-unsaturated/α-hetero) is 2. The van der Waals surface area contributed by atoms with E-state index in [1.165, 1.54) is 19.9 Å². The fraction of sp³-hybridized carbons (Fsp3) is 0.517. The molecule has 0 unspecified atom stereocenters. The first-order chi connectivity index (χ1) is 17.2. The lowest BCUT2D eigenvalue weighted by atomic mass is 9.75. The summed E-state index contributed by atoms with van der Waals surface area (Å²) in [5.41, 5.74) is -2.19. The third-order valence-electron chi connectivity index (χ3n) is 7.61. The Labute approximate surface area is 217 Å². The number of aliphatic hydroxyl groups is 2. The first-order valence-electron chi connectivity index (χ1n) is 12.5. The van der Waals surface area contributed by atoms with Crippen molar-refractivity contribution in [1.82, 2.24) is 0 Å². The van der Waals surface area contributed by atoms with Crippen molar-refractivity contribution in [2.24, 2.45) is 17.3 Å². The molecule has 1 aromatic carbocycles. The van der Waals surface area contributed by atoms with E-state index < -0.39 is 58.9 Å². The summed E-state index contributed by atoms with van der Waals surface area (Å²) in [5, 5.41) is 21.7. The van der Waals surface area contributed by atoms with Crippen LogP contribution in [0.3, 0.4) is 0 Å². The summed E-state index contributed by atoms with van der Waals surface area (Å²) in [6.45, 7) is 9.20. The lowest BCUT2D eigenvalue weighted by molar-refractivity contribution is -0.168. The van der Waals surface area contributed by atoms with Gasteiger partial charge in [0.1, 0.15) is 11.9 Å². The van der Waals surface area contributed by atoms with Gasteiger partial charge in [-0.05, 0) is 49.1 Å². The van der Waals surface area contributed by atoms with Crippen LogP contribution in [-0.2, 0) is 23.9 Å². The molecule has 0 spiro atoms. The van der Waals surface area contributed by atoms with Crippen LogP contribution in [-0.4, -0.2) is 57.6 Å². The minimum Gasteiger partial charge on any atom is -0.458 e. The monoisotopic (exact) mass is 512 g/mol. The maximum absolute atomic E-state index is 14.0. The van der Waals surface area contributed by atoms with Gasteiger partial charge in [0.25, 0.3) is 0 Å². The van der Waals surface area contributed by atoms with Crippen molar-refractivity contribution in [2.45, 2.75) is 78.3 Å². The number of hydrogen-bond donors (Lipinski definition) is 2. The summed E-state index contributed by atoms with van der Waals surface area (Å²) >= 11 is 0. The summed E-state index contributed by atoms with van der Waals surface area (Å²) in [4.78, 5) is 52.3. The predicted octanol–water partition coefficient (Wildman–Crippen LogP) is 3.35. The zero-order valence-corrected chi connectivity index (χ0v) is 22.2. The standard InChI is InChI=1S/C29H36O8/c1-16-12-21-25(36-27(35)20-10-8-7-9-11-20)18(3)15-29(21,37-19(4)30)26(34)17(2)13-23(32)28(5,6)24(33)14-22(16)31/h7-13,18,21-23,25,31-32H,14-15H2,1-6H3/b16-12+,17-13+/t18-,21+,22+,23-,25-,29+/m1/s1. The minimum atomic E-state index is -1.73. The lowest BCUT2D eigenvalue weighted by Gasteiger charge is -2.36. The Morgan fingerprint density at radius 3 is 2.24 bits per heavy atom. The molecule has 8 nitrogen and oxygen atoms in total. The number of rotatable bonds is 3. The average Bonchev–Trinajstić information content (AvgIpc) is 3.08. The van der Waals surface area contributed by atoms with Crippen LogP contribution in [0.1, 0.15) is 64.7 Å². The molecule has 0 bridgehead atoms. The molecule has 0 saturated heterocycles. The molecule has 1 fully saturated rings. The van der Waals surface area contributed by atoms with E-state index in [1.54, 1.807) is 64.1 Å². The molecule has 8 heteroatoms. The summed E-state index contributed by atoms with van der Waals surface area (Å²) in [5.74, 6) is -3.56. The van der Waals surface area contributed by atoms with E-state index in [-0.39, 0.29) is 24.2 Å². The Morgan fingerprint density at radius 2 is 1.65 bits per heavy atom. The van der Waals surface area contributed by atoms with Crippen molar-refractivity contribution in [1.29, 1.82) is 0 Å². The number of benzene rings is 1. The van der Waals surface area contributed by atoms with Gasteiger partial charge in [-0.1, -0.05) is 45.0 Å². The Hall–Kier alpha value is -3.10. The molecule has 2 aliphatic carbocycles. The Morgan fingerprint density at radius 1 is 1.03 bits per heavy atom. The van der Waals surface area contributed by atoms with Crippen LogP contribution in [0.5, 0.6) is 0 Å². The van der Waals surface area contributed by atoms with Crippen LogP contribution >= 0.6 is 0 Å². The zero-order chi connectivity index (χ0) is 27.7. The second kappa shape index (κ2) is 10.7. The van der Waals surface area contributed by atoms with Crippen LogP contribution in [0.25, 0.3) is 0 Å². The number of hydrogen-bond acceptors (Lipinski definition) is 8. The van der Waals surface area contributed by atoms with Gasteiger partial charge < -0.3 is 19.7 Å². The summed E-state index contributed by atoms with van der Waals surface area (Å²) < 4.78 is 11.7. The molecule has 37 heavy (non-hydrogen) atoms. The number of esters is 2. The van der Waals surface area contributed by atoms with Gasteiger partial charge in [0, 0.05) is 19.8 Å². The van der Waals surface area contributed by atoms with E-state index in [2.05, 4.69) is 0 Å². The normalized spacial score (nSPS) is 35.1. The fourth-order valence-corrected chi connectivity index (χ4v) is 5.20. The largest absolute Gasteiger partial charge is 0.458 e. The van der Waals surface area contributed by atoms with Crippen LogP contribution in [0.4, 0.5) is 0 Å². The molecular weight excluding hydrogens is 476 g/mol. The molecule has 1 saturated carbocycles. The van der Waals surface area contributed by atoms with Gasteiger partial charge >= 0.3 is 11.9 Å². The lowest BCUT2D eigenvalue weighted by Crippen LogP contribution is -2.49. The molecule has 0 aromatic heterocycles. The molecule has 0 amide bonds. The fourth-order valence-electron chi connectivity index (χ4n) is 5.20. The van der Waals surface area contributed by atoms with Crippen molar-refractivity contribution in [3.8, 4) is 0 Å². The third-order valence-corrected chi connectivity index (χ3v) is 7.61. The molecule has 3 rings (SSSR count). The summed E-state index contributed by atoms with van der Waals surface area (Å²) in [7, 11) is 0. The van der Waals surface area contributed by atoms with Gasteiger partial charge in [-0.2, -0.15) is 0 Å². The Bertz CT molecular complexity index is 1130. The van der Waals surface area contributed by atoms with Gasteiger partial charge in [-0.25, -0.2) is 4.79 Å². The SMILES string of the molecule is CC(=O)O[C@@]12C[C@@H](C)[C@@H](OC(=O)c3ccccc3)[C@@H]1/C=C(\C)[C@@H](O)CC(=O)C(C)(C)[C@H](O)/C=C(\C)C2=O. The predicted molar refractivity (Wildman–Crippen MR) is 135 cm³/mol. The van der Waals surface area contributed by atoms with Crippen LogP contribution in [0.15, 0.2) is 53.6 Å². The molecular formula is C29H36O8. The number of carbonyl (C=O) groups is 4. The molecule has 0 radical (unpaired) electrons. The highest BCUT2D eigenvalue weighted by Crippen LogP contribution is 2.48. The van der Waals surface area contributed by atoms with E-state index in [1.807, 2.05) is 0 Å². The molecule has 2 N–H and O–H groups in total. The van der Waals surface area contributed by atoms with Gasteiger partial charge in [0.05, 0.1) is 29.1 Å². The van der Waals surface area contributed by atoms with Crippen LogP contribution in [0, 0.1) is 17.3 Å². The maximum Gasteiger partial charge on any atom is 0.338 e. The molecule has 0 heterocycles. The second-order valence-corrected chi connectivity index (χ2v) is 10.8. The number of ketones is 2. The zero-order valence-electron chi connectivity index (χ0n) is 22.2. The van der Waals surface area contributed by atoms with Crippen molar-refractivity contribution >= 4 is 23.5 Å². The first-order valence-corrected chi connectivity index (χ1v) is 12.5. The minimum absolute atomic E-state index is 0.0618. The van der Waals surface area contributed by atoms with Crippen molar-refractivity contribution in [3.63, 3.8) is 0 Å². The van der Waals surface area contributed by atoms with E-state index >= 15 is 0 Å². The molecule has 200 valence electrons. The summed E-state index contributed by atoms with van der Waals surface area (Å²) in [6, 6.07) is 8.40. The number of carbonyl (C=O) groups excluding carboxylic acids is 4. The van der Waals surface area contributed by atoms with Crippen molar-refractivity contribution < 1.29 is 38.9 Å². The first kappa shape index (κ1) is 28.5. The highest BCUT2D eigenvalue weighted by molar-refractivity contribution is 6.03. The maximum atomic E-state index is 14.0. The highest BCUT2D eigenvalue weighted by Gasteiger charge is 2.60. The Kier molecular flexibility index (Phi) is 8.24. The third kappa shape index (κ3) is 5.60. The quantitative estimate of drug-likeness (QED) is 0.466. The van der Waals surface area contributed by atoms with E-state index in [4.69, 9.17) is 9.47 Å². The van der Waals surface area contributed by atoms with Crippen molar-refractivity contribution in [3.05, 3.63) is 59.2 Å². The van der Waals surface area contributed by atoms with Gasteiger partial charge in [0.2, 0.25) is 5.78 Å². The van der Waals surface area contributed by atoms with E-state index in [9.17, 15) is 29.4 Å². The molecule has 1 aromatic rings. The number of aliphatic hydroxyl groups excluding tert-OH is 2. The second-order valence-electron chi connectivity index (χ2n) is 10.8. The van der Waals surface area contributed by atoms with Crippen LogP contribution in [0.2, 0.25) is 0 Å². The molecule has 0 aliphatic heterocycles. The van der Waals surface area contributed by atoms with Gasteiger partial charge in [0.15, 0.2) is 5.60 Å². The van der Waals surface area contributed by atoms with Crippen molar-refractivity contribution in [2.75, 3.05) is 0 Å². The molecule has 6 atom stereocenters. The molecule has 2 aliphatic rings.